The van der Waals surface area contributed by atoms with Crippen molar-refractivity contribution in [3.8, 4) is 0 Å². The topological polar surface area (TPSA) is 83.6 Å². The average molecular weight is 280 g/mol. The lowest BCUT2D eigenvalue weighted by Gasteiger charge is -2.22. The van der Waals surface area contributed by atoms with Crippen LogP contribution < -0.4 is 0 Å². The van der Waals surface area contributed by atoms with E-state index in [0.29, 0.717) is 17.0 Å². The zero-order valence-corrected chi connectivity index (χ0v) is 12.0. The molecule has 6 heteroatoms. The fraction of sp³-hybridized carbons (Fsp3) is 0.643. The number of aromatic nitrogens is 1. The van der Waals surface area contributed by atoms with Crippen molar-refractivity contribution in [2.24, 2.45) is 0 Å². The van der Waals surface area contributed by atoms with Crippen LogP contribution in [0.5, 0.6) is 0 Å². The summed E-state index contributed by atoms with van der Waals surface area (Å²) in [6, 6.07) is 0.163. The van der Waals surface area contributed by atoms with Crippen LogP contribution in [0.1, 0.15) is 60.8 Å². The second-order valence-electron chi connectivity index (χ2n) is 5.54. The van der Waals surface area contributed by atoms with Gasteiger partial charge in [-0.25, -0.2) is 0 Å². The SMILES string of the molecule is Cc1noc(C(C)C)c1C(=O)N(CCC(=O)O)C1CC1. The average Bonchev–Trinajstić information content (AvgIpc) is 3.11. The molecule has 1 saturated carbocycles. The van der Waals surface area contributed by atoms with Crippen molar-refractivity contribution in [1.82, 2.24) is 10.1 Å². The molecule has 0 aromatic carbocycles. The first kappa shape index (κ1) is 14.6. The molecule has 0 unspecified atom stereocenters. The van der Waals surface area contributed by atoms with Crippen LogP contribution >= 0.6 is 0 Å². The van der Waals surface area contributed by atoms with Crippen LogP contribution in [0.2, 0.25) is 0 Å². The lowest BCUT2D eigenvalue weighted by molar-refractivity contribution is -0.137. The first-order chi connectivity index (χ1) is 9.41. The highest BCUT2D eigenvalue weighted by Crippen LogP contribution is 2.31. The molecule has 1 amide bonds. The van der Waals surface area contributed by atoms with Crippen LogP contribution in [-0.4, -0.2) is 39.6 Å². The number of carbonyl (C=O) groups is 2. The van der Waals surface area contributed by atoms with Gasteiger partial charge < -0.3 is 14.5 Å². The molecule has 1 aliphatic carbocycles. The molecule has 0 aliphatic heterocycles. The van der Waals surface area contributed by atoms with Crippen LogP contribution in [0.4, 0.5) is 0 Å². The molecule has 1 aliphatic rings. The second-order valence-corrected chi connectivity index (χ2v) is 5.54. The number of carbonyl (C=O) groups excluding carboxylic acids is 1. The molecule has 1 aromatic rings. The molecular formula is C14H20N2O4. The van der Waals surface area contributed by atoms with E-state index in [-0.39, 0.29) is 30.8 Å². The van der Waals surface area contributed by atoms with Crippen LogP contribution in [0.25, 0.3) is 0 Å². The Morgan fingerprint density at radius 2 is 2.10 bits per heavy atom. The molecule has 20 heavy (non-hydrogen) atoms. The van der Waals surface area contributed by atoms with Crippen molar-refractivity contribution in [3.63, 3.8) is 0 Å². The predicted molar refractivity (Wildman–Crippen MR) is 71.6 cm³/mol. The number of carboxylic acid groups (broad SMARTS) is 1. The molecule has 6 nitrogen and oxygen atoms in total. The minimum absolute atomic E-state index is 0.0381. The molecule has 1 heterocycles. The molecule has 1 N–H and O–H groups in total. The summed E-state index contributed by atoms with van der Waals surface area (Å²) in [6.45, 7) is 5.86. The fourth-order valence-electron chi connectivity index (χ4n) is 2.24. The molecule has 0 bridgehead atoms. The molecule has 1 fully saturated rings. The number of hydrogen-bond donors (Lipinski definition) is 1. The van der Waals surface area contributed by atoms with Crippen LogP contribution in [-0.2, 0) is 4.79 Å². The zero-order chi connectivity index (χ0) is 14.9. The largest absolute Gasteiger partial charge is 0.481 e. The summed E-state index contributed by atoms with van der Waals surface area (Å²) in [5.41, 5.74) is 1.07. The van der Waals surface area contributed by atoms with Gasteiger partial charge in [0.1, 0.15) is 5.56 Å². The Balaban J connectivity index is 2.23. The summed E-state index contributed by atoms with van der Waals surface area (Å²) < 4.78 is 5.24. The Hall–Kier alpha value is -1.85. The van der Waals surface area contributed by atoms with E-state index < -0.39 is 5.97 Å². The van der Waals surface area contributed by atoms with E-state index >= 15 is 0 Å². The molecule has 0 radical (unpaired) electrons. The maximum atomic E-state index is 12.7. The maximum absolute atomic E-state index is 12.7. The first-order valence-electron chi connectivity index (χ1n) is 6.90. The number of amides is 1. The third-order valence-corrected chi connectivity index (χ3v) is 3.44. The van der Waals surface area contributed by atoms with Gasteiger partial charge in [0.25, 0.3) is 5.91 Å². The van der Waals surface area contributed by atoms with Gasteiger partial charge in [-0.05, 0) is 19.8 Å². The van der Waals surface area contributed by atoms with Crippen LogP contribution in [0.3, 0.4) is 0 Å². The van der Waals surface area contributed by atoms with Gasteiger partial charge in [0.05, 0.1) is 12.1 Å². The van der Waals surface area contributed by atoms with Crippen molar-refractivity contribution < 1.29 is 19.2 Å². The van der Waals surface area contributed by atoms with E-state index in [2.05, 4.69) is 5.16 Å². The second kappa shape index (κ2) is 5.64. The van der Waals surface area contributed by atoms with Crippen LogP contribution in [0, 0.1) is 6.92 Å². The van der Waals surface area contributed by atoms with Gasteiger partial charge in [-0.15, -0.1) is 0 Å². The first-order valence-corrected chi connectivity index (χ1v) is 6.90. The molecule has 0 atom stereocenters. The Morgan fingerprint density at radius 3 is 2.60 bits per heavy atom. The summed E-state index contributed by atoms with van der Waals surface area (Å²) >= 11 is 0. The number of aryl methyl sites for hydroxylation is 1. The van der Waals surface area contributed by atoms with E-state index in [1.165, 1.54) is 0 Å². The molecule has 0 spiro atoms. The third-order valence-electron chi connectivity index (χ3n) is 3.44. The van der Waals surface area contributed by atoms with E-state index in [4.69, 9.17) is 9.63 Å². The third kappa shape index (κ3) is 3.00. The predicted octanol–water partition coefficient (Wildman–Crippen LogP) is 2.19. The highest BCUT2D eigenvalue weighted by atomic mass is 16.5. The minimum atomic E-state index is -0.894. The quantitative estimate of drug-likeness (QED) is 0.863. The van der Waals surface area contributed by atoms with E-state index in [9.17, 15) is 9.59 Å². The summed E-state index contributed by atoms with van der Waals surface area (Å²) in [5.74, 6) is -0.407. The van der Waals surface area contributed by atoms with Crippen molar-refractivity contribution in [2.75, 3.05) is 6.54 Å². The van der Waals surface area contributed by atoms with E-state index in [0.717, 1.165) is 12.8 Å². The van der Waals surface area contributed by atoms with Crippen molar-refractivity contribution >= 4 is 11.9 Å². The van der Waals surface area contributed by atoms with Gasteiger partial charge in [0.2, 0.25) is 0 Å². The lowest BCUT2D eigenvalue weighted by Crippen LogP contribution is -2.35. The molecule has 110 valence electrons. The molecular weight excluding hydrogens is 260 g/mol. The van der Waals surface area contributed by atoms with Gasteiger partial charge in [0, 0.05) is 18.5 Å². The Morgan fingerprint density at radius 1 is 1.45 bits per heavy atom. The molecule has 0 saturated heterocycles. The standard InChI is InChI=1S/C14H20N2O4/c1-8(2)13-12(9(3)15-20-13)14(19)16(10-4-5-10)7-6-11(17)18/h8,10H,4-7H2,1-3H3,(H,17,18). The fourth-order valence-corrected chi connectivity index (χ4v) is 2.24. The summed E-state index contributed by atoms with van der Waals surface area (Å²) in [7, 11) is 0. The molecule has 2 rings (SSSR count). The van der Waals surface area contributed by atoms with Crippen molar-refractivity contribution in [1.29, 1.82) is 0 Å². The zero-order valence-electron chi connectivity index (χ0n) is 12.0. The summed E-state index contributed by atoms with van der Waals surface area (Å²) in [5, 5.41) is 12.7. The number of carboxylic acids is 1. The van der Waals surface area contributed by atoms with Gasteiger partial charge in [-0.2, -0.15) is 0 Å². The van der Waals surface area contributed by atoms with Crippen molar-refractivity contribution in [2.45, 2.75) is 52.0 Å². The number of aliphatic carboxylic acids is 1. The maximum Gasteiger partial charge on any atom is 0.305 e. The minimum Gasteiger partial charge on any atom is -0.481 e. The van der Waals surface area contributed by atoms with Gasteiger partial charge in [0.15, 0.2) is 5.76 Å². The lowest BCUT2D eigenvalue weighted by atomic mass is 10.0. The Kier molecular flexibility index (Phi) is 4.11. The summed E-state index contributed by atoms with van der Waals surface area (Å²) in [6.07, 6.45) is 1.84. The summed E-state index contributed by atoms with van der Waals surface area (Å²) in [4.78, 5) is 25.1. The number of nitrogens with zero attached hydrogens (tertiary/aromatic N) is 2. The van der Waals surface area contributed by atoms with E-state index in [1.807, 2.05) is 13.8 Å². The van der Waals surface area contributed by atoms with Gasteiger partial charge in [-0.3, -0.25) is 9.59 Å². The van der Waals surface area contributed by atoms with Crippen molar-refractivity contribution in [3.05, 3.63) is 17.0 Å². The highest BCUT2D eigenvalue weighted by Gasteiger charge is 2.36. The smallest absolute Gasteiger partial charge is 0.305 e. The van der Waals surface area contributed by atoms with Crippen LogP contribution in [0.15, 0.2) is 4.52 Å². The number of hydrogen-bond acceptors (Lipinski definition) is 4. The molecule has 1 aromatic heterocycles. The highest BCUT2D eigenvalue weighted by molar-refractivity contribution is 5.96. The van der Waals surface area contributed by atoms with Gasteiger partial charge in [-0.1, -0.05) is 19.0 Å². The normalized spacial score (nSPS) is 14.6. The van der Waals surface area contributed by atoms with E-state index in [1.54, 1.807) is 11.8 Å². The monoisotopic (exact) mass is 280 g/mol. The number of rotatable bonds is 6. The Bertz CT molecular complexity index is 517. The van der Waals surface area contributed by atoms with Gasteiger partial charge >= 0.3 is 5.97 Å². The Labute approximate surface area is 117 Å².